The molecule has 1 atom stereocenters. The Labute approximate surface area is 98.1 Å². The lowest BCUT2D eigenvalue weighted by atomic mass is 10.2. The summed E-state index contributed by atoms with van der Waals surface area (Å²) in [7, 11) is 1.90. The first-order valence-corrected chi connectivity index (χ1v) is 5.72. The molecule has 0 radical (unpaired) electrons. The zero-order chi connectivity index (χ0) is 11.5. The van der Waals surface area contributed by atoms with Gasteiger partial charge in [0.15, 0.2) is 5.16 Å². The Kier molecular flexibility index (Phi) is 3.21. The zero-order valence-corrected chi connectivity index (χ0v) is 9.98. The number of nitrogens with zero attached hydrogens (tertiary/aromatic N) is 4. The molecule has 2 rings (SSSR count). The van der Waals surface area contributed by atoms with Crippen molar-refractivity contribution in [1.29, 1.82) is 0 Å². The van der Waals surface area contributed by atoms with Crippen LogP contribution in [-0.2, 0) is 7.05 Å². The summed E-state index contributed by atoms with van der Waals surface area (Å²) >= 11 is 1.47. The van der Waals surface area contributed by atoms with E-state index in [1.54, 1.807) is 12.5 Å². The number of aromatic nitrogens is 4. The third-order valence-electron chi connectivity index (χ3n) is 2.15. The largest absolute Gasteiger partial charge is 0.324 e. The molecule has 0 spiro atoms. The third-order valence-corrected chi connectivity index (χ3v) is 3.24. The van der Waals surface area contributed by atoms with Crippen molar-refractivity contribution in [3.8, 4) is 0 Å². The SMILES string of the molecule is C[C@@H](N)c1cccnc1Sc1nncn1C. The van der Waals surface area contributed by atoms with Gasteiger partial charge in [-0.25, -0.2) is 4.98 Å². The van der Waals surface area contributed by atoms with Crippen LogP contribution in [-0.4, -0.2) is 19.7 Å². The van der Waals surface area contributed by atoms with E-state index in [1.165, 1.54) is 11.8 Å². The highest BCUT2D eigenvalue weighted by atomic mass is 32.2. The van der Waals surface area contributed by atoms with Crippen molar-refractivity contribution in [2.45, 2.75) is 23.1 Å². The van der Waals surface area contributed by atoms with E-state index in [9.17, 15) is 0 Å². The van der Waals surface area contributed by atoms with Crippen LogP contribution >= 0.6 is 11.8 Å². The van der Waals surface area contributed by atoms with Crippen LogP contribution in [0.5, 0.6) is 0 Å². The van der Waals surface area contributed by atoms with Crippen LogP contribution in [0.3, 0.4) is 0 Å². The molecule has 2 heterocycles. The normalized spacial score (nSPS) is 12.7. The maximum absolute atomic E-state index is 5.89. The Morgan fingerprint density at radius 1 is 1.50 bits per heavy atom. The predicted molar refractivity (Wildman–Crippen MR) is 62.0 cm³/mol. The van der Waals surface area contributed by atoms with Gasteiger partial charge in [0.1, 0.15) is 11.4 Å². The summed E-state index contributed by atoms with van der Waals surface area (Å²) in [6.07, 6.45) is 3.42. The molecule has 0 saturated heterocycles. The van der Waals surface area contributed by atoms with E-state index in [4.69, 9.17) is 5.73 Å². The number of hydrogen-bond donors (Lipinski definition) is 1. The van der Waals surface area contributed by atoms with Crippen LogP contribution in [0.15, 0.2) is 34.8 Å². The van der Waals surface area contributed by atoms with Gasteiger partial charge in [-0.15, -0.1) is 10.2 Å². The van der Waals surface area contributed by atoms with Gasteiger partial charge in [-0.05, 0) is 24.8 Å². The molecule has 0 aliphatic carbocycles. The van der Waals surface area contributed by atoms with E-state index in [1.807, 2.05) is 30.7 Å². The van der Waals surface area contributed by atoms with Crippen molar-refractivity contribution in [2.75, 3.05) is 0 Å². The Balaban J connectivity index is 2.31. The molecule has 0 fully saturated rings. The highest BCUT2D eigenvalue weighted by molar-refractivity contribution is 7.99. The minimum absolute atomic E-state index is 0.0376. The van der Waals surface area contributed by atoms with Crippen LogP contribution in [0.4, 0.5) is 0 Å². The summed E-state index contributed by atoms with van der Waals surface area (Å²) in [5.74, 6) is 0. The first kappa shape index (κ1) is 11.1. The summed E-state index contributed by atoms with van der Waals surface area (Å²) in [6, 6.07) is 3.83. The fraction of sp³-hybridized carbons (Fsp3) is 0.300. The second kappa shape index (κ2) is 4.63. The second-order valence-electron chi connectivity index (χ2n) is 3.51. The van der Waals surface area contributed by atoms with Gasteiger partial charge >= 0.3 is 0 Å². The summed E-state index contributed by atoms with van der Waals surface area (Å²) in [4.78, 5) is 4.32. The van der Waals surface area contributed by atoms with Gasteiger partial charge in [-0.2, -0.15) is 0 Å². The van der Waals surface area contributed by atoms with Crippen molar-refractivity contribution in [3.63, 3.8) is 0 Å². The number of rotatable bonds is 3. The fourth-order valence-corrected chi connectivity index (χ4v) is 2.22. The Bertz CT molecular complexity index is 480. The number of nitrogens with two attached hydrogens (primary N) is 1. The van der Waals surface area contributed by atoms with E-state index >= 15 is 0 Å². The fourth-order valence-electron chi connectivity index (χ4n) is 1.29. The van der Waals surface area contributed by atoms with Gasteiger partial charge < -0.3 is 10.3 Å². The molecule has 2 aromatic heterocycles. The smallest absolute Gasteiger partial charge is 0.197 e. The number of pyridine rings is 1. The lowest BCUT2D eigenvalue weighted by Crippen LogP contribution is -2.07. The quantitative estimate of drug-likeness (QED) is 0.870. The van der Waals surface area contributed by atoms with E-state index in [-0.39, 0.29) is 6.04 Å². The van der Waals surface area contributed by atoms with Gasteiger partial charge in [0.2, 0.25) is 0 Å². The average molecular weight is 235 g/mol. The topological polar surface area (TPSA) is 69.6 Å². The van der Waals surface area contributed by atoms with Crippen LogP contribution < -0.4 is 5.73 Å². The summed E-state index contributed by atoms with van der Waals surface area (Å²) in [5, 5.41) is 9.52. The number of aryl methyl sites for hydroxylation is 1. The first-order chi connectivity index (χ1) is 7.68. The lowest BCUT2D eigenvalue weighted by Gasteiger charge is -2.09. The standard InChI is InChI=1S/C10H13N5S/c1-7(11)8-4-3-5-12-9(8)16-10-14-13-6-15(10)2/h3-7H,11H2,1-2H3/t7-/m1/s1. The molecule has 16 heavy (non-hydrogen) atoms. The highest BCUT2D eigenvalue weighted by Crippen LogP contribution is 2.28. The second-order valence-corrected chi connectivity index (χ2v) is 4.47. The van der Waals surface area contributed by atoms with Crippen molar-refractivity contribution in [1.82, 2.24) is 19.7 Å². The molecule has 0 aliphatic rings. The van der Waals surface area contributed by atoms with E-state index in [0.29, 0.717) is 0 Å². The van der Waals surface area contributed by atoms with Gasteiger partial charge in [-0.3, -0.25) is 0 Å². The highest BCUT2D eigenvalue weighted by Gasteiger charge is 2.11. The van der Waals surface area contributed by atoms with Crippen LogP contribution in [0.25, 0.3) is 0 Å². The first-order valence-electron chi connectivity index (χ1n) is 4.91. The van der Waals surface area contributed by atoms with Gasteiger partial charge in [0.05, 0.1) is 0 Å². The van der Waals surface area contributed by atoms with Crippen molar-refractivity contribution in [3.05, 3.63) is 30.2 Å². The van der Waals surface area contributed by atoms with Crippen molar-refractivity contribution < 1.29 is 0 Å². The minimum atomic E-state index is -0.0376. The van der Waals surface area contributed by atoms with Gasteiger partial charge in [-0.1, -0.05) is 6.07 Å². The molecule has 6 heteroatoms. The van der Waals surface area contributed by atoms with Crippen molar-refractivity contribution >= 4 is 11.8 Å². The molecule has 0 aromatic carbocycles. The Morgan fingerprint density at radius 3 is 2.94 bits per heavy atom. The summed E-state index contributed by atoms with van der Waals surface area (Å²) < 4.78 is 1.85. The molecule has 5 nitrogen and oxygen atoms in total. The molecule has 2 aromatic rings. The summed E-state index contributed by atoms with van der Waals surface area (Å²) in [6.45, 7) is 1.94. The van der Waals surface area contributed by atoms with Crippen LogP contribution in [0, 0.1) is 0 Å². The molecule has 0 aliphatic heterocycles. The molecule has 2 N–H and O–H groups in total. The molecular formula is C10H13N5S. The maximum atomic E-state index is 5.89. The molecule has 0 saturated carbocycles. The molecule has 0 amide bonds. The monoisotopic (exact) mass is 235 g/mol. The lowest BCUT2D eigenvalue weighted by molar-refractivity contribution is 0.766. The van der Waals surface area contributed by atoms with E-state index in [2.05, 4.69) is 15.2 Å². The number of hydrogen-bond acceptors (Lipinski definition) is 5. The summed E-state index contributed by atoms with van der Waals surface area (Å²) in [5.41, 5.74) is 6.91. The van der Waals surface area contributed by atoms with Gasteiger partial charge in [0, 0.05) is 24.8 Å². The van der Waals surface area contributed by atoms with Crippen LogP contribution in [0.2, 0.25) is 0 Å². The zero-order valence-electron chi connectivity index (χ0n) is 9.16. The van der Waals surface area contributed by atoms with Gasteiger partial charge in [0.25, 0.3) is 0 Å². The van der Waals surface area contributed by atoms with E-state index < -0.39 is 0 Å². The minimum Gasteiger partial charge on any atom is -0.324 e. The van der Waals surface area contributed by atoms with E-state index in [0.717, 1.165) is 15.7 Å². The average Bonchev–Trinajstić information content (AvgIpc) is 2.65. The molecular weight excluding hydrogens is 222 g/mol. The Morgan fingerprint density at radius 2 is 2.31 bits per heavy atom. The van der Waals surface area contributed by atoms with Crippen molar-refractivity contribution in [2.24, 2.45) is 12.8 Å². The van der Waals surface area contributed by atoms with Crippen LogP contribution in [0.1, 0.15) is 18.5 Å². The third kappa shape index (κ3) is 2.23. The molecule has 0 unspecified atom stereocenters. The predicted octanol–water partition coefficient (Wildman–Crippen LogP) is 1.38. The molecule has 0 bridgehead atoms. The molecule has 84 valence electrons. The maximum Gasteiger partial charge on any atom is 0.197 e. The Hall–Kier alpha value is -1.40.